The van der Waals surface area contributed by atoms with Crippen LogP contribution in [0.25, 0.3) is 0 Å². The van der Waals surface area contributed by atoms with Crippen LogP contribution in [0.2, 0.25) is 0 Å². The molecule has 0 fully saturated rings. The zero-order valence-electron chi connectivity index (χ0n) is 12.7. The van der Waals surface area contributed by atoms with Crippen LogP contribution in [0.4, 0.5) is 0 Å². The average Bonchev–Trinajstić information content (AvgIpc) is 2.74. The average molecular weight is 251 g/mol. The van der Waals surface area contributed by atoms with Gasteiger partial charge < -0.3 is 5.32 Å². The number of aromatic nitrogens is 2. The third-order valence-electron chi connectivity index (χ3n) is 3.27. The van der Waals surface area contributed by atoms with Crippen LogP contribution in [0.5, 0.6) is 0 Å². The van der Waals surface area contributed by atoms with Gasteiger partial charge in [0.2, 0.25) is 0 Å². The number of aryl methyl sites for hydroxylation is 1. The smallest absolute Gasteiger partial charge is 0.0521 e. The van der Waals surface area contributed by atoms with Gasteiger partial charge >= 0.3 is 0 Å². The van der Waals surface area contributed by atoms with Crippen molar-refractivity contribution in [3.63, 3.8) is 0 Å². The van der Waals surface area contributed by atoms with Gasteiger partial charge in [-0.25, -0.2) is 0 Å². The molecular weight excluding hydrogens is 222 g/mol. The Morgan fingerprint density at radius 1 is 1.28 bits per heavy atom. The summed E-state index contributed by atoms with van der Waals surface area (Å²) in [5.41, 5.74) is 1.58. The summed E-state index contributed by atoms with van der Waals surface area (Å²) in [5, 5.41) is 8.00. The van der Waals surface area contributed by atoms with Crippen LogP contribution in [0.1, 0.15) is 65.5 Å². The van der Waals surface area contributed by atoms with E-state index in [-0.39, 0.29) is 5.54 Å². The highest BCUT2D eigenvalue weighted by molar-refractivity contribution is 5.04. The molecule has 1 rings (SSSR count). The zero-order chi connectivity index (χ0) is 13.6. The van der Waals surface area contributed by atoms with Crippen molar-refractivity contribution in [2.75, 3.05) is 6.54 Å². The van der Waals surface area contributed by atoms with E-state index in [9.17, 15) is 0 Å². The second-order valence-corrected chi connectivity index (χ2v) is 6.08. The molecule has 0 atom stereocenters. The van der Waals surface area contributed by atoms with Crippen LogP contribution in [0, 0.1) is 0 Å². The molecule has 0 bridgehead atoms. The fraction of sp³-hybridized carbons (Fsp3) is 0.800. The molecule has 1 aromatic heterocycles. The normalized spacial score (nSPS) is 12.3. The van der Waals surface area contributed by atoms with Crippen LogP contribution in [0.15, 0.2) is 12.4 Å². The molecule has 0 saturated heterocycles. The topological polar surface area (TPSA) is 29.9 Å². The van der Waals surface area contributed by atoms with Crippen molar-refractivity contribution in [3.05, 3.63) is 18.0 Å². The minimum absolute atomic E-state index is 0.222. The molecule has 0 aliphatic rings. The molecule has 1 N–H and O–H groups in total. The third-order valence-corrected chi connectivity index (χ3v) is 3.27. The molecule has 0 spiro atoms. The summed E-state index contributed by atoms with van der Waals surface area (Å²) in [7, 11) is 0. The Morgan fingerprint density at radius 3 is 2.50 bits per heavy atom. The standard InChI is InChI=1S/C15H29N3/c1-6-14(7-2)18-12-13(11-17-18)9-8-10-16-15(3,4)5/h11-12,14,16H,6-10H2,1-5H3. The number of hydrogen-bond donors (Lipinski definition) is 1. The summed E-state index contributed by atoms with van der Waals surface area (Å²) in [4.78, 5) is 0. The summed E-state index contributed by atoms with van der Waals surface area (Å²) in [6.07, 6.45) is 8.84. The van der Waals surface area contributed by atoms with Gasteiger partial charge in [0, 0.05) is 11.7 Å². The second-order valence-electron chi connectivity index (χ2n) is 6.08. The van der Waals surface area contributed by atoms with E-state index in [1.54, 1.807) is 0 Å². The fourth-order valence-corrected chi connectivity index (χ4v) is 2.12. The van der Waals surface area contributed by atoms with Crippen molar-refractivity contribution in [1.29, 1.82) is 0 Å². The maximum Gasteiger partial charge on any atom is 0.0521 e. The third kappa shape index (κ3) is 5.21. The first-order valence-corrected chi connectivity index (χ1v) is 7.24. The summed E-state index contributed by atoms with van der Waals surface area (Å²) in [5.74, 6) is 0. The lowest BCUT2D eigenvalue weighted by Gasteiger charge is -2.20. The number of nitrogens with zero attached hydrogens (tertiary/aromatic N) is 2. The van der Waals surface area contributed by atoms with Gasteiger partial charge in [-0.1, -0.05) is 13.8 Å². The number of hydrogen-bond acceptors (Lipinski definition) is 2. The van der Waals surface area contributed by atoms with Crippen LogP contribution >= 0.6 is 0 Å². The van der Waals surface area contributed by atoms with E-state index >= 15 is 0 Å². The molecule has 0 radical (unpaired) electrons. The highest BCUT2D eigenvalue weighted by atomic mass is 15.3. The molecule has 3 heteroatoms. The number of rotatable bonds is 7. The molecule has 0 aromatic carbocycles. The molecule has 0 unspecified atom stereocenters. The van der Waals surface area contributed by atoms with Gasteiger partial charge in [-0.3, -0.25) is 4.68 Å². The van der Waals surface area contributed by atoms with Gasteiger partial charge in [0.1, 0.15) is 0 Å². The van der Waals surface area contributed by atoms with E-state index < -0.39 is 0 Å². The maximum atomic E-state index is 4.48. The molecular formula is C15H29N3. The quantitative estimate of drug-likeness (QED) is 0.751. The molecule has 1 heterocycles. The first-order chi connectivity index (χ1) is 8.46. The van der Waals surface area contributed by atoms with Gasteiger partial charge in [0.15, 0.2) is 0 Å². The predicted molar refractivity (Wildman–Crippen MR) is 77.9 cm³/mol. The SMILES string of the molecule is CCC(CC)n1cc(CCCNC(C)(C)C)cn1. The Balaban J connectivity index is 2.35. The van der Waals surface area contributed by atoms with E-state index in [4.69, 9.17) is 0 Å². The van der Waals surface area contributed by atoms with Crippen molar-refractivity contribution >= 4 is 0 Å². The minimum Gasteiger partial charge on any atom is -0.312 e. The first-order valence-electron chi connectivity index (χ1n) is 7.24. The lowest BCUT2D eigenvalue weighted by Crippen LogP contribution is -2.36. The van der Waals surface area contributed by atoms with E-state index in [1.807, 2.05) is 6.20 Å². The molecule has 3 nitrogen and oxygen atoms in total. The fourth-order valence-electron chi connectivity index (χ4n) is 2.12. The Kier molecular flexibility index (Phi) is 5.86. The molecule has 104 valence electrons. The predicted octanol–water partition coefficient (Wildman–Crippen LogP) is 3.56. The van der Waals surface area contributed by atoms with Crippen LogP contribution in [-0.4, -0.2) is 21.9 Å². The number of nitrogens with one attached hydrogen (secondary N) is 1. The Labute approximate surface area is 112 Å². The molecule has 1 aromatic rings. The van der Waals surface area contributed by atoms with Crippen LogP contribution in [-0.2, 0) is 6.42 Å². The largest absolute Gasteiger partial charge is 0.312 e. The van der Waals surface area contributed by atoms with Crippen molar-refractivity contribution in [2.24, 2.45) is 0 Å². The highest BCUT2D eigenvalue weighted by Gasteiger charge is 2.09. The lowest BCUT2D eigenvalue weighted by atomic mass is 10.1. The van der Waals surface area contributed by atoms with Crippen molar-refractivity contribution < 1.29 is 0 Å². The van der Waals surface area contributed by atoms with Gasteiger partial charge in [-0.05, 0) is 58.6 Å². The van der Waals surface area contributed by atoms with Crippen LogP contribution in [0.3, 0.4) is 0 Å². The van der Waals surface area contributed by atoms with E-state index in [0.29, 0.717) is 6.04 Å². The van der Waals surface area contributed by atoms with E-state index in [2.05, 4.69) is 55.9 Å². The van der Waals surface area contributed by atoms with Gasteiger partial charge in [0.25, 0.3) is 0 Å². The monoisotopic (exact) mass is 251 g/mol. The van der Waals surface area contributed by atoms with E-state index in [0.717, 1.165) is 25.8 Å². The first kappa shape index (κ1) is 15.2. The lowest BCUT2D eigenvalue weighted by molar-refractivity contribution is 0.421. The second kappa shape index (κ2) is 6.93. The zero-order valence-corrected chi connectivity index (χ0v) is 12.7. The van der Waals surface area contributed by atoms with Crippen LogP contribution < -0.4 is 5.32 Å². The summed E-state index contributed by atoms with van der Waals surface area (Å²) in [6.45, 7) is 12.1. The summed E-state index contributed by atoms with van der Waals surface area (Å²) < 4.78 is 2.13. The Morgan fingerprint density at radius 2 is 1.94 bits per heavy atom. The Bertz CT molecular complexity index is 332. The molecule has 0 aliphatic carbocycles. The maximum absolute atomic E-state index is 4.48. The Hall–Kier alpha value is -0.830. The molecule has 0 aliphatic heterocycles. The van der Waals surface area contributed by atoms with Gasteiger partial charge in [-0.15, -0.1) is 0 Å². The minimum atomic E-state index is 0.222. The van der Waals surface area contributed by atoms with E-state index in [1.165, 1.54) is 12.0 Å². The highest BCUT2D eigenvalue weighted by Crippen LogP contribution is 2.15. The molecule has 18 heavy (non-hydrogen) atoms. The van der Waals surface area contributed by atoms with Crippen molar-refractivity contribution in [3.8, 4) is 0 Å². The van der Waals surface area contributed by atoms with Crippen molar-refractivity contribution in [2.45, 2.75) is 71.9 Å². The van der Waals surface area contributed by atoms with Crippen molar-refractivity contribution in [1.82, 2.24) is 15.1 Å². The van der Waals surface area contributed by atoms with Gasteiger partial charge in [0.05, 0.1) is 12.2 Å². The summed E-state index contributed by atoms with van der Waals surface area (Å²) >= 11 is 0. The molecule has 0 amide bonds. The summed E-state index contributed by atoms with van der Waals surface area (Å²) in [6, 6.07) is 0.562. The van der Waals surface area contributed by atoms with Gasteiger partial charge in [-0.2, -0.15) is 5.10 Å². The molecule has 0 saturated carbocycles.